The molecule has 3 aliphatic rings. The number of nitrogens with zero attached hydrogens (tertiary/aromatic N) is 2. The fourth-order valence-corrected chi connectivity index (χ4v) is 6.87. The van der Waals surface area contributed by atoms with Gasteiger partial charge in [0.25, 0.3) is 0 Å². The first-order valence-corrected chi connectivity index (χ1v) is 12.3. The number of fused-ring (bicyclic) bond motifs is 5. The smallest absolute Gasteiger partial charge is 0.311 e. The van der Waals surface area contributed by atoms with Crippen molar-refractivity contribution < 1.29 is 28.7 Å². The van der Waals surface area contributed by atoms with E-state index in [1.165, 1.54) is 9.80 Å². The third-order valence-electron chi connectivity index (χ3n) is 7.94. The van der Waals surface area contributed by atoms with E-state index >= 15 is 0 Å². The Balaban J connectivity index is 1.93. The van der Waals surface area contributed by atoms with Crippen LogP contribution in [0.15, 0.2) is 36.4 Å². The van der Waals surface area contributed by atoms with Gasteiger partial charge >= 0.3 is 11.9 Å². The van der Waals surface area contributed by atoms with E-state index in [2.05, 4.69) is 0 Å². The Morgan fingerprint density at radius 2 is 1.36 bits per heavy atom. The number of halogens is 1. The van der Waals surface area contributed by atoms with Crippen molar-refractivity contribution in [3.05, 3.63) is 58.1 Å². The van der Waals surface area contributed by atoms with Gasteiger partial charge in [-0.3, -0.25) is 19.2 Å². The summed E-state index contributed by atoms with van der Waals surface area (Å²) in [5, 5.41) is 0.402. The Hall–Kier alpha value is -3.39. The lowest BCUT2D eigenvalue weighted by atomic mass is 9.34. The number of benzene rings is 2. The lowest BCUT2D eigenvalue weighted by Crippen LogP contribution is -2.80. The summed E-state index contributed by atoms with van der Waals surface area (Å²) in [6.07, 6.45) is 0. The highest BCUT2D eigenvalue weighted by molar-refractivity contribution is 6.31. The van der Waals surface area contributed by atoms with Gasteiger partial charge in [0.2, 0.25) is 11.8 Å². The lowest BCUT2D eigenvalue weighted by Gasteiger charge is -2.61. The van der Waals surface area contributed by atoms with Crippen LogP contribution in [0, 0.1) is 18.8 Å². The third-order valence-corrected chi connectivity index (χ3v) is 8.17. The van der Waals surface area contributed by atoms with Crippen LogP contribution in [0.1, 0.15) is 30.5 Å². The van der Waals surface area contributed by atoms with Crippen LogP contribution in [0.5, 0.6) is 0 Å². The van der Waals surface area contributed by atoms with Crippen LogP contribution in [-0.2, 0) is 39.5 Å². The maximum Gasteiger partial charge on any atom is 0.311 e. The van der Waals surface area contributed by atoms with Gasteiger partial charge < -0.3 is 19.3 Å². The number of hydrogen-bond donors (Lipinski definition) is 0. The van der Waals surface area contributed by atoms with E-state index < -0.39 is 46.4 Å². The van der Waals surface area contributed by atoms with E-state index in [0.29, 0.717) is 27.5 Å². The van der Waals surface area contributed by atoms with Gasteiger partial charge in [-0.05, 0) is 50.1 Å². The molecular formula is C27H27ClN2O6. The molecule has 2 aromatic carbocycles. The van der Waals surface area contributed by atoms with Crippen LogP contribution in [0.25, 0.3) is 0 Å². The number of likely N-dealkylation sites (N-methyl/N-ethyl adjacent to an activating group) is 2. The van der Waals surface area contributed by atoms with Gasteiger partial charge in [0.1, 0.15) is 10.8 Å². The Morgan fingerprint density at radius 3 is 1.92 bits per heavy atom. The minimum absolute atomic E-state index is 0.0506. The molecule has 188 valence electrons. The maximum absolute atomic E-state index is 14.4. The molecule has 5 rings (SSSR count). The predicted octanol–water partition coefficient (Wildman–Crippen LogP) is 3.15. The molecule has 1 fully saturated rings. The van der Waals surface area contributed by atoms with E-state index in [4.69, 9.17) is 21.1 Å². The number of esters is 2. The summed E-state index contributed by atoms with van der Waals surface area (Å²) in [7, 11) is 3.20. The standard InChI is InChI=1S/C27H27ClN2O6/c1-6-35-22(31)20-21(23(32)36-7-2)27(17-12-14(3)8-11-18(17)29(4)25(27)34)26(20)16-10-9-15(28)13-19(16)30(5)24(26)33/h8-13,20-21H,6-7H2,1-5H3/t20-,21-,26+,27+/m0/s1. The normalized spacial score (nSPS) is 27.8. The van der Waals surface area contributed by atoms with E-state index in [1.54, 1.807) is 52.2 Å². The van der Waals surface area contributed by atoms with Crippen LogP contribution in [0.2, 0.25) is 5.02 Å². The zero-order chi connectivity index (χ0) is 26.2. The SMILES string of the molecule is CCOC(=O)[C@@H]1[C@@H](C(=O)OCC)[C@]2(C(=O)N(C)c3ccc(C)cc32)[C@@]12C(=O)N(C)c1cc(Cl)ccc12. The molecule has 1 saturated carbocycles. The van der Waals surface area contributed by atoms with Crippen molar-refractivity contribution in [2.45, 2.75) is 31.6 Å². The first-order valence-electron chi connectivity index (χ1n) is 11.9. The summed E-state index contributed by atoms with van der Waals surface area (Å²) in [6, 6.07) is 10.4. The first kappa shape index (κ1) is 24.3. The number of aryl methyl sites for hydroxylation is 1. The van der Waals surface area contributed by atoms with E-state index in [9.17, 15) is 19.2 Å². The van der Waals surface area contributed by atoms with Gasteiger partial charge in [0.05, 0.1) is 25.0 Å². The van der Waals surface area contributed by atoms with Crippen LogP contribution in [0.4, 0.5) is 11.4 Å². The highest BCUT2D eigenvalue weighted by atomic mass is 35.5. The Kier molecular flexibility index (Phi) is 5.44. The molecule has 9 heteroatoms. The lowest BCUT2D eigenvalue weighted by molar-refractivity contribution is -0.194. The summed E-state index contributed by atoms with van der Waals surface area (Å²) >= 11 is 6.29. The predicted molar refractivity (Wildman–Crippen MR) is 133 cm³/mol. The number of amides is 2. The van der Waals surface area contributed by atoms with Crippen LogP contribution in [-0.4, -0.2) is 51.1 Å². The highest BCUT2D eigenvalue weighted by Gasteiger charge is 2.88. The molecule has 0 bridgehead atoms. The Bertz CT molecular complexity index is 1340. The van der Waals surface area contributed by atoms with Crippen molar-refractivity contribution in [2.24, 2.45) is 11.8 Å². The molecule has 0 radical (unpaired) electrons. The average molecular weight is 511 g/mol. The van der Waals surface area contributed by atoms with Gasteiger partial charge in [0.15, 0.2) is 0 Å². The van der Waals surface area contributed by atoms with Gasteiger partial charge in [-0.15, -0.1) is 0 Å². The molecular weight excluding hydrogens is 484 g/mol. The molecule has 2 heterocycles. The fraction of sp³-hybridized carbons (Fsp3) is 0.407. The van der Waals surface area contributed by atoms with Crippen molar-refractivity contribution in [2.75, 3.05) is 37.1 Å². The van der Waals surface area contributed by atoms with E-state index in [0.717, 1.165) is 5.56 Å². The van der Waals surface area contributed by atoms with Crippen molar-refractivity contribution in [1.82, 2.24) is 0 Å². The van der Waals surface area contributed by atoms with Gasteiger partial charge in [-0.25, -0.2) is 0 Å². The zero-order valence-electron chi connectivity index (χ0n) is 20.8. The monoisotopic (exact) mass is 510 g/mol. The topological polar surface area (TPSA) is 93.2 Å². The summed E-state index contributed by atoms with van der Waals surface area (Å²) in [5.41, 5.74) is -0.497. The van der Waals surface area contributed by atoms with Crippen molar-refractivity contribution in [3.63, 3.8) is 0 Å². The molecule has 2 aliphatic heterocycles. The van der Waals surface area contributed by atoms with Crippen molar-refractivity contribution >= 4 is 46.7 Å². The molecule has 36 heavy (non-hydrogen) atoms. The third kappa shape index (κ3) is 2.60. The molecule has 0 unspecified atom stereocenters. The average Bonchev–Trinajstić information content (AvgIpc) is 3.19. The maximum atomic E-state index is 14.4. The molecule has 0 N–H and O–H groups in total. The van der Waals surface area contributed by atoms with Crippen molar-refractivity contribution in [3.8, 4) is 0 Å². The molecule has 2 amide bonds. The highest BCUT2D eigenvalue weighted by Crippen LogP contribution is 2.73. The molecule has 8 nitrogen and oxygen atoms in total. The van der Waals surface area contributed by atoms with Crippen LogP contribution in [0.3, 0.4) is 0 Å². The number of anilines is 2. The second kappa shape index (κ2) is 8.06. The van der Waals surface area contributed by atoms with Gasteiger partial charge in [-0.1, -0.05) is 35.4 Å². The number of carbonyl (C=O) groups is 4. The number of rotatable bonds is 4. The Labute approximate surface area is 214 Å². The number of ether oxygens (including phenoxy) is 2. The summed E-state index contributed by atoms with van der Waals surface area (Å²) in [6.45, 7) is 5.29. The van der Waals surface area contributed by atoms with Gasteiger partial charge in [-0.2, -0.15) is 0 Å². The molecule has 0 saturated heterocycles. The quantitative estimate of drug-likeness (QED) is 0.587. The Morgan fingerprint density at radius 1 is 0.833 bits per heavy atom. The second-order valence-electron chi connectivity index (χ2n) is 9.49. The summed E-state index contributed by atoms with van der Waals surface area (Å²) in [4.78, 5) is 58.8. The van der Waals surface area contributed by atoms with Gasteiger partial charge in [0, 0.05) is 30.5 Å². The molecule has 2 aromatic rings. The number of carbonyl (C=O) groups excluding carboxylic acids is 4. The fourth-order valence-electron chi connectivity index (χ4n) is 6.70. The minimum atomic E-state index is -1.71. The zero-order valence-corrected chi connectivity index (χ0v) is 21.5. The molecule has 1 aliphatic carbocycles. The van der Waals surface area contributed by atoms with Crippen molar-refractivity contribution in [1.29, 1.82) is 0 Å². The molecule has 0 aromatic heterocycles. The minimum Gasteiger partial charge on any atom is -0.466 e. The summed E-state index contributed by atoms with van der Waals surface area (Å²) < 4.78 is 10.8. The summed E-state index contributed by atoms with van der Waals surface area (Å²) in [5.74, 6) is -4.86. The van der Waals surface area contributed by atoms with E-state index in [-0.39, 0.29) is 13.2 Å². The van der Waals surface area contributed by atoms with Crippen LogP contribution >= 0.6 is 11.6 Å². The number of hydrogen-bond acceptors (Lipinski definition) is 6. The molecule has 2 spiro atoms. The largest absolute Gasteiger partial charge is 0.466 e. The molecule has 4 atom stereocenters. The second-order valence-corrected chi connectivity index (χ2v) is 9.92. The first-order chi connectivity index (χ1) is 17.1. The van der Waals surface area contributed by atoms with Crippen LogP contribution < -0.4 is 9.80 Å². The van der Waals surface area contributed by atoms with E-state index in [1.807, 2.05) is 19.1 Å².